The van der Waals surface area contributed by atoms with E-state index in [1.54, 1.807) is 10.7 Å². The summed E-state index contributed by atoms with van der Waals surface area (Å²) in [6.45, 7) is 3.86. The number of allylic oxidation sites excluding steroid dienone is 1. The Hall–Kier alpha value is -3.46. The molecule has 1 aliphatic heterocycles. The quantitative estimate of drug-likeness (QED) is 0.577. The third kappa shape index (κ3) is 3.59. The second-order valence-corrected chi connectivity index (χ2v) is 7.68. The van der Waals surface area contributed by atoms with Crippen molar-refractivity contribution in [1.82, 2.24) is 24.9 Å². The second kappa shape index (κ2) is 7.10. The summed E-state index contributed by atoms with van der Waals surface area (Å²) in [7, 11) is 0. The minimum Gasteiger partial charge on any atom is -0.351 e. The smallest absolute Gasteiger partial charge is 0.232 e. The Balaban J connectivity index is 1.59. The third-order valence-corrected chi connectivity index (χ3v) is 5.07. The molecular weight excluding hydrogens is 409 g/mol. The van der Waals surface area contributed by atoms with Crippen molar-refractivity contribution in [1.29, 1.82) is 0 Å². The van der Waals surface area contributed by atoms with Gasteiger partial charge in [0.15, 0.2) is 5.65 Å². The summed E-state index contributed by atoms with van der Waals surface area (Å²) in [5.41, 5.74) is 2.70. The Labute approximate surface area is 175 Å². The van der Waals surface area contributed by atoms with Gasteiger partial charge in [-0.05, 0) is 42.7 Å². The van der Waals surface area contributed by atoms with Crippen LogP contribution in [-0.2, 0) is 4.79 Å². The Kier molecular flexibility index (Phi) is 4.39. The van der Waals surface area contributed by atoms with Gasteiger partial charge in [0.2, 0.25) is 17.8 Å². The van der Waals surface area contributed by atoms with Crippen molar-refractivity contribution >= 4 is 46.8 Å². The largest absolute Gasteiger partial charge is 0.351 e. The summed E-state index contributed by atoms with van der Waals surface area (Å²) >= 11 is 5.99. The molecular formula is C20H17ClFN7O. The molecule has 8 nitrogen and oxygen atoms in total. The molecule has 1 aromatic carbocycles. The number of rotatable bonds is 5. The molecule has 0 radical (unpaired) electrons. The van der Waals surface area contributed by atoms with Crippen molar-refractivity contribution in [3.63, 3.8) is 0 Å². The molecule has 30 heavy (non-hydrogen) atoms. The Morgan fingerprint density at radius 1 is 1.33 bits per heavy atom. The van der Waals surface area contributed by atoms with Gasteiger partial charge in [-0.2, -0.15) is 19.6 Å². The molecule has 5 rings (SSSR count). The highest BCUT2D eigenvalue weighted by atomic mass is 35.5. The maximum absolute atomic E-state index is 14.2. The van der Waals surface area contributed by atoms with Gasteiger partial charge in [-0.1, -0.05) is 18.2 Å². The van der Waals surface area contributed by atoms with Crippen molar-refractivity contribution in [2.24, 2.45) is 0 Å². The normalized spacial score (nSPS) is 17.6. The minimum atomic E-state index is -0.470. The van der Waals surface area contributed by atoms with E-state index in [0.29, 0.717) is 33.9 Å². The van der Waals surface area contributed by atoms with Gasteiger partial charge in [0.25, 0.3) is 0 Å². The predicted octanol–water partition coefficient (Wildman–Crippen LogP) is 3.65. The van der Waals surface area contributed by atoms with Crippen LogP contribution in [-0.4, -0.2) is 31.5 Å². The molecule has 1 aliphatic carbocycles. The van der Waals surface area contributed by atoms with Crippen molar-refractivity contribution in [2.75, 3.05) is 10.6 Å². The second-order valence-electron chi connectivity index (χ2n) is 7.25. The van der Waals surface area contributed by atoms with Crippen LogP contribution in [0.3, 0.4) is 0 Å². The summed E-state index contributed by atoms with van der Waals surface area (Å²) < 4.78 is 15.8. The van der Waals surface area contributed by atoms with Crippen LogP contribution in [0, 0.1) is 5.82 Å². The van der Waals surface area contributed by atoms with E-state index in [-0.39, 0.29) is 24.0 Å². The van der Waals surface area contributed by atoms with Crippen molar-refractivity contribution < 1.29 is 9.18 Å². The van der Waals surface area contributed by atoms with Gasteiger partial charge in [-0.3, -0.25) is 4.79 Å². The van der Waals surface area contributed by atoms with Gasteiger partial charge in [-0.15, -0.1) is 0 Å². The van der Waals surface area contributed by atoms with Crippen molar-refractivity contribution in [2.45, 2.75) is 25.3 Å². The predicted molar refractivity (Wildman–Crippen MR) is 112 cm³/mol. The summed E-state index contributed by atoms with van der Waals surface area (Å²) in [6, 6.07) is 4.53. The lowest BCUT2D eigenvalue weighted by Gasteiger charge is -2.11. The minimum absolute atomic E-state index is 0.104. The van der Waals surface area contributed by atoms with E-state index in [1.165, 1.54) is 18.2 Å². The molecule has 1 saturated carbocycles. The molecule has 3 heterocycles. The van der Waals surface area contributed by atoms with E-state index in [9.17, 15) is 9.18 Å². The van der Waals surface area contributed by atoms with E-state index < -0.39 is 5.82 Å². The molecule has 0 spiro atoms. The van der Waals surface area contributed by atoms with Gasteiger partial charge in [-0.25, -0.2) is 4.39 Å². The van der Waals surface area contributed by atoms with E-state index in [2.05, 4.69) is 37.6 Å². The van der Waals surface area contributed by atoms with Crippen LogP contribution in [0.4, 0.5) is 22.0 Å². The SMILES string of the molecule is C=C1NC(=O)C/C1=C\c1cnn2c(NC3CC3)nc(Nc3cc(Cl)ccc3F)nc12. The first-order valence-electron chi connectivity index (χ1n) is 9.40. The van der Waals surface area contributed by atoms with Crippen LogP contribution in [0.1, 0.15) is 24.8 Å². The van der Waals surface area contributed by atoms with Gasteiger partial charge in [0, 0.05) is 22.3 Å². The summed E-state index contributed by atoms with van der Waals surface area (Å²) in [5, 5.41) is 13.7. The molecule has 0 unspecified atom stereocenters. The van der Waals surface area contributed by atoms with Crippen LogP contribution in [0.5, 0.6) is 0 Å². The molecule has 0 atom stereocenters. The number of carbonyl (C=O) groups excluding carboxylic acids is 1. The topological polar surface area (TPSA) is 96.2 Å². The van der Waals surface area contributed by atoms with E-state index >= 15 is 0 Å². The first-order valence-corrected chi connectivity index (χ1v) is 9.78. The average molecular weight is 426 g/mol. The first-order chi connectivity index (χ1) is 14.5. The average Bonchev–Trinajstić information content (AvgIpc) is 3.34. The van der Waals surface area contributed by atoms with Gasteiger partial charge < -0.3 is 16.0 Å². The van der Waals surface area contributed by atoms with Crippen LogP contribution < -0.4 is 16.0 Å². The van der Waals surface area contributed by atoms with E-state index in [4.69, 9.17) is 11.6 Å². The van der Waals surface area contributed by atoms with Gasteiger partial charge in [0.05, 0.1) is 18.3 Å². The fourth-order valence-corrected chi connectivity index (χ4v) is 3.34. The van der Waals surface area contributed by atoms with Crippen molar-refractivity contribution in [3.8, 4) is 0 Å². The molecule has 3 N–H and O–H groups in total. The van der Waals surface area contributed by atoms with Crippen LogP contribution in [0.2, 0.25) is 5.02 Å². The maximum atomic E-state index is 14.2. The van der Waals surface area contributed by atoms with Crippen LogP contribution in [0.15, 0.2) is 42.2 Å². The highest BCUT2D eigenvalue weighted by Crippen LogP contribution is 2.28. The van der Waals surface area contributed by atoms with Crippen LogP contribution in [0.25, 0.3) is 11.7 Å². The number of hydrogen-bond donors (Lipinski definition) is 3. The van der Waals surface area contributed by atoms with Crippen molar-refractivity contribution in [3.05, 3.63) is 58.6 Å². The molecule has 2 aliphatic rings. The lowest BCUT2D eigenvalue weighted by molar-refractivity contribution is -0.118. The number of hydrogen-bond acceptors (Lipinski definition) is 6. The van der Waals surface area contributed by atoms with Gasteiger partial charge in [0.1, 0.15) is 5.82 Å². The Morgan fingerprint density at radius 3 is 2.90 bits per heavy atom. The zero-order valence-corrected chi connectivity index (χ0v) is 16.5. The molecule has 0 bridgehead atoms. The number of aromatic nitrogens is 4. The van der Waals surface area contributed by atoms with E-state index in [1.807, 2.05) is 6.08 Å². The summed E-state index contributed by atoms with van der Waals surface area (Å²) in [6.07, 6.45) is 5.80. The Morgan fingerprint density at radius 2 is 2.17 bits per heavy atom. The number of fused-ring (bicyclic) bond motifs is 1. The number of nitrogens with one attached hydrogen (secondary N) is 3. The number of amides is 1. The summed E-state index contributed by atoms with van der Waals surface area (Å²) in [5.74, 6) is 0.123. The highest BCUT2D eigenvalue weighted by molar-refractivity contribution is 6.30. The zero-order chi connectivity index (χ0) is 20.8. The zero-order valence-electron chi connectivity index (χ0n) is 15.7. The highest BCUT2D eigenvalue weighted by Gasteiger charge is 2.25. The molecule has 152 valence electrons. The lowest BCUT2D eigenvalue weighted by atomic mass is 10.1. The number of nitrogens with zero attached hydrogens (tertiary/aromatic N) is 4. The molecule has 3 aromatic rings. The van der Waals surface area contributed by atoms with Crippen LogP contribution >= 0.6 is 11.6 Å². The number of anilines is 3. The monoisotopic (exact) mass is 425 g/mol. The fourth-order valence-electron chi connectivity index (χ4n) is 3.17. The Bertz CT molecular complexity index is 1230. The molecule has 2 fully saturated rings. The molecule has 1 amide bonds. The fraction of sp³-hybridized carbons (Fsp3) is 0.200. The molecule has 2 aromatic heterocycles. The third-order valence-electron chi connectivity index (χ3n) is 4.84. The number of halogens is 2. The summed E-state index contributed by atoms with van der Waals surface area (Å²) in [4.78, 5) is 20.6. The molecule has 10 heteroatoms. The number of carbonyl (C=O) groups is 1. The first kappa shape index (κ1) is 18.6. The standard InChI is InChI=1S/C20H17ClFN7O/c1-10-11(7-17(30)24-10)6-12-9-23-29-18(12)27-19(28-20(29)25-14-3-4-14)26-16-8-13(21)2-5-15(16)22/h2,5-6,8-9,14H,1,3-4,7H2,(H,24,30)(H2,25,26,27,28)/b11-6+. The van der Waals surface area contributed by atoms with Gasteiger partial charge >= 0.3 is 0 Å². The number of benzene rings is 1. The molecule has 1 saturated heterocycles. The lowest BCUT2D eigenvalue weighted by Crippen LogP contribution is -2.12. The van der Waals surface area contributed by atoms with E-state index in [0.717, 1.165) is 18.4 Å². The maximum Gasteiger partial charge on any atom is 0.232 e.